The molecule has 0 heterocycles. The molecule has 0 radical (unpaired) electrons. The van der Waals surface area contributed by atoms with Gasteiger partial charge in [-0.25, -0.2) is 0 Å². The number of nitrogen functional groups attached to an aromatic ring is 1. The van der Waals surface area contributed by atoms with Gasteiger partial charge in [-0.05, 0) is 36.1 Å². The summed E-state index contributed by atoms with van der Waals surface area (Å²) in [6.45, 7) is 0. The fraction of sp³-hybridized carbons (Fsp3) is 0.538. The third-order valence-electron chi connectivity index (χ3n) is 3.33. The van der Waals surface area contributed by atoms with E-state index >= 15 is 0 Å². The van der Waals surface area contributed by atoms with E-state index in [0.717, 1.165) is 23.8 Å². The van der Waals surface area contributed by atoms with Crippen LogP contribution < -0.4 is 10.5 Å². The highest BCUT2D eigenvalue weighted by Crippen LogP contribution is 2.30. The molecule has 1 aromatic rings. The smallest absolute Gasteiger partial charge is 0.119 e. The van der Waals surface area contributed by atoms with Gasteiger partial charge in [-0.3, -0.25) is 0 Å². The highest BCUT2D eigenvalue weighted by atomic mass is 16.5. The number of anilines is 1. The molecule has 2 heteroatoms. The zero-order chi connectivity index (χ0) is 10.7. The Kier molecular flexibility index (Phi) is 3.14. The first kappa shape index (κ1) is 10.3. The van der Waals surface area contributed by atoms with Gasteiger partial charge >= 0.3 is 0 Å². The van der Waals surface area contributed by atoms with Gasteiger partial charge in [0.1, 0.15) is 5.75 Å². The van der Waals surface area contributed by atoms with Gasteiger partial charge in [0.15, 0.2) is 0 Å². The first-order valence-electron chi connectivity index (χ1n) is 5.72. The average Bonchev–Trinajstić information content (AvgIpc) is 2.74. The van der Waals surface area contributed by atoms with Crippen molar-refractivity contribution in [1.82, 2.24) is 0 Å². The first-order chi connectivity index (χ1) is 7.29. The lowest BCUT2D eigenvalue weighted by Gasteiger charge is -2.12. The fourth-order valence-corrected chi connectivity index (χ4v) is 2.41. The maximum atomic E-state index is 5.97. The molecule has 1 aliphatic rings. The van der Waals surface area contributed by atoms with Crippen molar-refractivity contribution in [1.29, 1.82) is 0 Å². The molecule has 2 N–H and O–H groups in total. The van der Waals surface area contributed by atoms with E-state index in [1.54, 1.807) is 7.11 Å². The summed E-state index contributed by atoms with van der Waals surface area (Å²) in [5.41, 5.74) is 8.12. The molecular formula is C13H19NO. The Morgan fingerprint density at radius 1 is 1.33 bits per heavy atom. The molecule has 0 atom stereocenters. The second-order valence-electron chi connectivity index (χ2n) is 4.42. The monoisotopic (exact) mass is 205 g/mol. The van der Waals surface area contributed by atoms with Crippen molar-refractivity contribution in [3.8, 4) is 5.75 Å². The molecule has 0 amide bonds. The minimum absolute atomic E-state index is 0.833. The van der Waals surface area contributed by atoms with Crippen molar-refractivity contribution in [3.63, 3.8) is 0 Å². The van der Waals surface area contributed by atoms with Crippen LogP contribution in [-0.2, 0) is 6.42 Å². The zero-order valence-electron chi connectivity index (χ0n) is 9.33. The van der Waals surface area contributed by atoms with Gasteiger partial charge in [0.2, 0.25) is 0 Å². The van der Waals surface area contributed by atoms with E-state index in [2.05, 4.69) is 6.07 Å². The molecule has 0 aromatic heterocycles. The van der Waals surface area contributed by atoms with Crippen LogP contribution in [0.25, 0.3) is 0 Å². The summed E-state index contributed by atoms with van der Waals surface area (Å²) in [5, 5.41) is 0. The molecule has 0 unspecified atom stereocenters. The number of nitrogens with two attached hydrogens (primary N) is 1. The average molecular weight is 205 g/mol. The van der Waals surface area contributed by atoms with Crippen LogP contribution in [0.15, 0.2) is 18.2 Å². The number of hydrogen-bond acceptors (Lipinski definition) is 2. The van der Waals surface area contributed by atoms with Crippen LogP contribution in [0.1, 0.15) is 31.2 Å². The highest BCUT2D eigenvalue weighted by Gasteiger charge is 2.16. The molecule has 0 spiro atoms. The quantitative estimate of drug-likeness (QED) is 0.770. The standard InChI is InChI=1S/C13H19NO/c1-15-12-6-7-13(14)11(9-12)8-10-4-2-3-5-10/h6-7,9-10H,2-5,8,14H2,1H3. The van der Waals surface area contributed by atoms with Crippen molar-refractivity contribution in [2.45, 2.75) is 32.1 Å². The predicted molar refractivity (Wildman–Crippen MR) is 63.1 cm³/mol. The molecule has 2 nitrogen and oxygen atoms in total. The van der Waals surface area contributed by atoms with Crippen molar-refractivity contribution < 1.29 is 4.74 Å². The first-order valence-corrected chi connectivity index (χ1v) is 5.72. The molecule has 0 saturated heterocycles. The molecule has 0 bridgehead atoms. The zero-order valence-corrected chi connectivity index (χ0v) is 9.33. The Morgan fingerprint density at radius 2 is 2.07 bits per heavy atom. The minimum Gasteiger partial charge on any atom is -0.497 e. The van der Waals surface area contributed by atoms with Crippen LogP contribution in [0.2, 0.25) is 0 Å². The Hall–Kier alpha value is -1.18. The van der Waals surface area contributed by atoms with Crippen molar-refractivity contribution in [2.75, 3.05) is 12.8 Å². The third-order valence-corrected chi connectivity index (χ3v) is 3.33. The summed E-state index contributed by atoms with van der Waals surface area (Å²) in [4.78, 5) is 0. The van der Waals surface area contributed by atoms with E-state index in [0.29, 0.717) is 0 Å². The summed E-state index contributed by atoms with van der Waals surface area (Å²) in [6.07, 6.45) is 6.60. The van der Waals surface area contributed by atoms with Crippen LogP contribution in [0.5, 0.6) is 5.75 Å². The van der Waals surface area contributed by atoms with Crippen LogP contribution in [0, 0.1) is 5.92 Å². The second kappa shape index (κ2) is 4.56. The molecule has 1 fully saturated rings. The third kappa shape index (κ3) is 2.44. The van der Waals surface area contributed by atoms with Crippen molar-refractivity contribution in [2.24, 2.45) is 5.92 Å². The lowest BCUT2D eigenvalue weighted by atomic mass is 9.97. The van der Waals surface area contributed by atoms with Crippen molar-refractivity contribution in [3.05, 3.63) is 23.8 Å². The van der Waals surface area contributed by atoms with E-state index in [9.17, 15) is 0 Å². The molecule has 1 saturated carbocycles. The lowest BCUT2D eigenvalue weighted by Crippen LogP contribution is -2.02. The summed E-state index contributed by atoms with van der Waals surface area (Å²) in [7, 11) is 1.70. The molecule has 82 valence electrons. The lowest BCUT2D eigenvalue weighted by molar-refractivity contribution is 0.413. The van der Waals surface area contributed by atoms with Gasteiger partial charge in [-0.2, -0.15) is 0 Å². The molecule has 2 rings (SSSR count). The van der Waals surface area contributed by atoms with Gasteiger partial charge in [0, 0.05) is 5.69 Å². The summed E-state index contributed by atoms with van der Waals surface area (Å²) >= 11 is 0. The van der Waals surface area contributed by atoms with Gasteiger partial charge in [0.25, 0.3) is 0 Å². The second-order valence-corrected chi connectivity index (χ2v) is 4.42. The Bertz CT molecular complexity index is 329. The van der Waals surface area contributed by atoms with Crippen LogP contribution in [0.4, 0.5) is 5.69 Å². The van der Waals surface area contributed by atoms with Crippen LogP contribution in [0.3, 0.4) is 0 Å². The van der Waals surface area contributed by atoms with E-state index in [-0.39, 0.29) is 0 Å². The van der Waals surface area contributed by atoms with E-state index in [4.69, 9.17) is 10.5 Å². The number of ether oxygens (including phenoxy) is 1. The van der Waals surface area contributed by atoms with E-state index in [1.165, 1.54) is 31.2 Å². The molecular weight excluding hydrogens is 186 g/mol. The summed E-state index contributed by atoms with van der Waals surface area (Å²) in [5.74, 6) is 1.75. The molecule has 1 aromatic carbocycles. The van der Waals surface area contributed by atoms with Crippen LogP contribution >= 0.6 is 0 Å². The summed E-state index contributed by atoms with van der Waals surface area (Å²) < 4.78 is 5.22. The molecule has 1 aliphatic carbocycles. The Balaban J connectivity index is 2.11. The summed E-state index contributed by atoms with van der Waals surface area (Å²) in [6, 6.07) is 5.95. The molecule has 15 heavy (non-hydrogen) atoms. The molecule has 0 aliphatic heterocycles. The predicted octanol–water partition coefficient (Wildman–Crippen LogP) is 3.01. The fourth-order valence-electron chi connectivity index (χ4n) is 2.41. The number of hydrogen-bond donors (Lipinski definition) is 1. The minimum atomic E-state index is 0.833. The van der Waals surface area contributed by atoms with Gasteiger partial charge < -0.3 is 10.5 Å². The van der Waals surface area contributed by atoms with Gasteiger partial charge in [-0.1, -0.05) is 25.7 Å². The number of rotatable bonds is 3. The Labute approximate surface area is 91.4 Å². The number of benzene rings is 1. The maximum Gasteiger partial charge on any atom is 0.119 e. The SMILES string of the molecule is COc1ccc(N)c(CC2CCCC2)c1. The topological polar surface area (TPSA) is 35.2 Å². The Morgan fingerprint density at radius 3 is 2.73 bits per heavy atom. The van der Waals surface area contributed by atoms with Crippen LogP contribution in [-0.4, -0.2) is 7.11 Å². The maximum absolute atomic E-state index is 5.97. The largest absolute Gasteiger partial charge is 0.497 e. The van der Waals surface area contributed by atoms with E-state index < -0.39 is 0 Å². The van der Waals surface area contributed by atoms with E-state index in [1.807, 2.05) is 12.1 Å². The number of methoxy groups -OCH3 is 1. The van der Waals surface area contributed by atoms with Gasteiger partial charge in [-0.15, -0.1) is 0 Å². The highest BCUT2D eigenvalue weighted by molar-refractivity contribution is 5.50. The van der Waals surface area contributed by atoms with Gasteiger partial charge in [0.05, 0.1) is 7.11 Å². The van der Waals surface area contributed by atoms with Crippen molar-refractivity contribution >= 4 is 5.69 Å². The normalized spacial score (nSPS) is 16.9.